The van der Waals surface area contributed by atoms with E-state index in [-0.39, 0.29) is 15.9 Å². The van der Waals surface area contributed by atoms with Gasteiger partial charge in [0, 0.05) is 6.21 Å². The molecule has 1 heterocycles. The van der Waals surface area contributed by atoms with Crippen LogP contribution in [0.4, 0.5) is 0 Å². The summed E-state index contributed by atoms with van der Waals surface area (Å²) in [5.74, 6) is -0.479. The molecule has 6 heteroatoms. The van der Waals surface area contributed by atoms with E-state index in [1.165, 1.54) is 12.1 Å². The molecular formula is C9H9Cl2N3O. The Hall–Kier alpha value is -1.13. The van der Waals surface area contributed by atoms with Crippen LogP contribution < -0.4 is 5.43 Å². The Balaban J connectivity index is 2.81. The quantitative estimate of drug-likeness (QED) is 0.506. The van der Waals surface area contributed by atoms with E-state index in [2.05, 4.69) is 15.5 Å². The lowest BCUT2D eigenvalue weighted by Gasteiger charge is -2.01. The summed E-state index contributed by atoms with van der Waals surface area (Å²) in [4.78, 5) is 15.3. The number of halogens is 2. The monoisotopic (exact) mass is 245 g/mol. The summed E-state index contributed by atoms with van der Waals surface area (Å²) in [6, 6.07) is 3.02. The van der Waals surface area contributed by atoms with Gasteiger partial charge in [0.05, 0.1) is 5.02 Å². The van der Waals surface area contributed by atoms with E-state index in [1.54, 1.807) is 6.21 Å². The van der Waals surface area contributed by atoms with Crippen LogP contribution in [0.25, 0.3) is 0 Å². The van der Waals surface area contributed by atoms with E-state index in [0.29, 0.717) is 0 Å². The van der Waals surface area contributed by atoms with Crippen LogP contribution in [0.3, 0.4) is 0 Å². The number of aromatic nitrogens is 1. The number of nitrogens with one attached hydrogen (secondary N) is 1. The third-order valence-corrected chi connectivity index (χ3v) is 1.98. The Morgan fingerprint density at radius 2 is 2.33 bits per heavy atom. The number of nitrogens with zero attached hydrogens (tertiary/aromatic N) is 2. The third kappa shape index (κ3) is 3.49. The van der Waals surface area contributed by atoms with Crippen LogP contribution in [-0.2, 0) is 0 Å². The molecule has 0 spiro atoms. The first-order chi connectivity index (χ1) is 7.15. The van der Waals surface area contributed by atoms with Crippen LogP contribution in [0.15, 0.2) is 17.2 Å². The molecule has 0 unspecified atom stereocenters. The van der Waals surface area contributed by atoms with E-state index in [1.807, 2.05) is 6.92 Å². The highest BCUT2D eigenvalue weighted by Gasteiger charge is 2.11. The molecule has 0 saturated carbocycles. The van der Waals surface area contributed by atoms with E-state index in [9.17, 15) is 4.79 Å². The Kier molecular flexibility index (Phi) is 4.52. The number of pyridine rings is 1. The van der Waals surface area contributed by atoms with Crippen molar-refractivity contribution in [3.05, 3.63) is 28.0 Å². The maximum absolute atomic E-state index is 11.5. The fourth-order valence-electron chi connectivity index (χ4n) is 0.826. The highest BCUT2D eigenvalue weighted by atomic mass is 35.5. The molecule has 80 valence electrons. The zero-order chi connectivity index (χ0) is 11.3. The normalized spacial score (nSPS) is 10.6. The molecule has 0 aliphatic carbocycles. The first-order valence-corrected chi connectivity index (χ1v) is 5.04. The summed E-state index contributed by atoms with van der Waals surface area (Å²) < 4.78 is 0. The molecular weight excluding hydrogens is 237 g/mol. The molecule has 0 aliphatic rings. The topological polar surface area (TPSA) is 54.4 Å². The van der Waals surface area contributed by atoms with Gasteiger partial charge in [0.15, 0.2) is 0 Å². The number of hydrogen-bond acceptors (Lipinski definition) is 3. The lowest BCUT2D eigenvalue weighted by molar-refractivity contribution is 0.0950. The summed E-state index contributed by atoms with van der Waals surface area (Å²) in [5.41, 5.74) is 2.36. The molecule has 0 radical (unpaired) electrons. The second-order valence-electron chi connectivity index (χ2n) is 2.63. The average Bonchev–Trinajstić information content (AvgIpc) is 2.22. The van der Waals surface area contributed by atoms with Crippen molar-refractivity contribution >= 4 is 35.3 Å². The van der Waals surface area contributed by atoms with E-state index in [4.69, 9.17) is 23.2 Å². The zero-order valence-electron chi connectivity index (χ0n) is 8.00. The molecule has 0 aromatic carbocycles. The minimum absolute atomic E-state index is 0.0671. The summed E-state index contributed by atoms with van der Waals surface area (Å²) >= 11 is 11.4. The van der Waals surface area contributed by atoms with Crippen molar-refractivity contribution in [1.82, 2.24) is 10.4 Å². The van der Waals surface area contributed by atoms with Gasteiger partial charge in [-0.1, -0.05) is 30.1 Å². The van der Waals surface area contributed by atoms with Gasteiger partial charge in [0.25, 0.3) is 5.91 Å². The lowest BCUT2D eigenvalue weighted by Crippen LogP contribution is -2.19. The van der Waals surface area contributed by atoms with Crippen LogP contribution >= 0.6 is 23.2 Å². The molecule has 1 rings (SSSR count). The lowest BCUT2D eigenvalue weighted by atomic mass is 10.3. The Morgan fingerprint density at radius 1 is 1.60 bits per heavy atom. The Labute approximate surface area is 97.3 Å². The minimum atomic E-state index is -0.479. The molecule has 15 heavy (non-hydrogen) atoms. The van der Waals surface area contributed by atoms with Crippen molar-refractivity contribution in [2.45, 2.75) is 13.3 Å². The summed E-state index contributed by atoms with van der Waals surface area (Å²) in [5, 5.41) is 4.12. The summed E-state index contributed by atoms with van der Waals surface area (Å²) in [6.07, 6.45) is 2.30. The van der Waals surface area contributed by atoms with E-state index < -0.39 is 5.91 Å². The molecule has 1 aromatic rings. The largest absolute Gasteiger partial charge is 0.291 e. The number of rotatable bonds is 3. The number of amides is 1. The molecule has 0 saturated heterocycles. The highest BCUT2D eigenvalue weighted by Crippen LogP contribution is 2.16. The van der Waals surface area contributed by atoms with Crippen LogP contribution in [-0.4, -0.2) is 17.1 Å². The zero-order valence-corrected chi connectivity index (χ0v) is 9.51. The van der Waals surface area contributed by atoms with Gasteiger partial charge in [0.1, 0.15) is 10.8 Å². The highest BCUT2D eigenvalue weighted by molar-refractivity contribution is 6.34. The van der Waals surface area contributed by atoms with Gasteiger partial charge in [-0.25, -0.2) is 10.4 Å². The van der Waals surface area contributed by atoms with Gasteiger partial charge in [-0.15, -0.1) is 0 Å². The third-order valence-electron chi connectivity index (χ3n) is 1.47. The summed E-state index contributed by atoms with van der Waals surface area (Å²) in [6.45, 7) is 1.90. The Bertz CT molecular complexity index is 393. The van der Waals surface area contributed by atoms with Gasteiger partial charge in [-0.2, -0.15) is 5.10 Å². The molecule has 0 bridgehead atoms. The molecule has 0 atom stereocenters. The molecule has 0 fully saturated rings. The van der Waals surface area contributed by atoms with Crippen molar-refractivity contribution in [3.8, 4) is 0 Å². The first-order valence-electron chi connectivity index (χ1n) is 4.29. The van der Waals surface area contributed by atoms with Gasteiger partial charge in [-0.05, 0) is 18.6 Å². The van der Waals surface area contributed by atoms with Crippen molar-refractivity contribution in [2.75, 3.05) is 0 Å². The second-order valence-corrected chi connectivity index (χ2v) is 3.42. The summed E-state index contributed by atoms with van der Waals surface area (Å²) in [7, 11) is 0. The average molecular weight is 246 g/mol. The fraction of sp³-hybridized carbons (Fsp3) is 0.222. The first kappa shape index (κ1) is 11.9. The van der Waals surface area contributed by atoms with Crippen LogP contribution in [0, 0.1) is 0 Å². The fourth-order valence-corrected chi connectivity index (χ4v) is 1.16. The van der Waals surface area contributed by atoms with Gasteiger partial charge < -0.3 is 0 Å². The van der Waals surface area contributed by atoms with Gasteiger partial charge in [0.2, 0.25) is 0 Å². The van der Waals surface area contributed by atoms with Gasteiger partial charge in [-0.3, -0.25) is 4.79 Å². The number of carbonyl (C=O) groups excluding carboxylic acids is 1. The predicted molar refractivity (Wildman–Crippen MR) is 60.5 cm³/mol. The van der Waals surface area contributed by atoms with E-state index >= 15 is 0 Å². The maximum atomic E-state index is 11.5. The van der Waals surface area contributed by atoms with Crippen molar-refractivity contribution in [3.63, 3.8) is 0 Å². The molecule has 4 nitrogen and oxygen atoms in total. The predicted octanol–water partition coefficient (Wildman–Crippen LogP) is 2.51. The Morgan fingerprint density at radius 3 is 3.00 bits per heavy atom. The smallest absolute Gasteiger partial charge is 0.265 e. The van der Waals surface area contributed by atoms with Crippen LogP contribution in [0.1, 0.15) is 23.8 Å². The minimum Gasteiger partial charge on any atom is -0.265 e. The second kappa shape index (κ2) is 5.68. The number of hydrazone groups is 1. The standard InChI is InChI=1S/C9H9Cl2N3O/c1-2-5-12-14-9(15)8-6(10)3-4-7(11)13-8/h3-5H,2H2,1H3,(H,14,15)/b12-5+. The molecule has 1 amide bonds. The molecule has 0 aliphatic heterocycles. The van der Waals surface area contributed by atoms with Crippen molar-refractivity contribution < 1.29 is 4.79 Å². The van der Waals surface area contributed by atoms with Crippen molar-refractivity contribution in [1.29, 1.82) is 0 Å². The van der Waals surface area contributed by atoms with Crippen molar-refractivity contribution in [2.24, 2.45) is 5.10 Å². The number of hydrogen-bond donors (Lipinski definition) is 1. The van der Waals surface area contributed by atoms with E-state index in [0.717, 1.165) is 6.42 Å². The van der Waals surface area contributed by atoms with Crippen LogP contribution in [0.2, 0.25) is 10.2 Å². The SMILES string of the molecule is CC/C=N/NC(=O)c1nc(Cl)ccc1Cl. The molecule has 1 aromatic heterocycles. The van der Waals surface area contributed by atoms with Crippen LogP contribution in [0.5, 0.6) is 0 Å². The molecule has 1 N–H and O–H groups in total. The number of carbonyl (C=O) groups is 1. The maximum Gasteiger partial charge on any atom is 0.291 e. The van der Waals surface area contributed by atoms with Gasteiger partial charge >= 0.3 is 0 Å².